The number of primary amides is 1. The van der Waals surface area contributed by atoms with Crippen molar-refractivity contribution in [2.24, 2.45) is 5.73 Å². The van der Waals surface area contributed by atoms with E-state index >= 15 is 0 Å². The molecule has 7 heteroatoms. The van der Waals surface area contributed by atoms with Gasteiger partial charge >= 0.3 is 0 Å². The zero-order chi connectivity index (χ0) is 15.5. The summed E-state index contributed by atoms with van der Waals surface area (Å²) in [5.74, 6) is -0.451. The van der Waals surface area contributed by atoms with Crippen LogP contribution in [-0.2, 0) is 11.2 Å². The molecule has 116 valence electrons. The van der Waals surface area contributed by atoms with E-state index in [1.807, 2.05) is 21.7 Å². The van der Waals surface area contributed by atoms with E-state index in [4.69, 9.17) is 5.73 Å². The number of thiophene rings is 1. The quantitative estimate of drug-likeness (QED) is 0.901. The van der Waals surface area contributed by atoms with Crippen molar-refractivity contribution >= 4 is 23.2 Å². The van der Waals surface area contributed by atoms with E-state index in [1.165, 1.54) is 0 Å². The number of carbonyl (C=O) groups is 2. The molecule has 1 aliphatic rings. The highest BCUT2D eigenvalue weighted by Crippen LogP contribution is 2.30. The highest BCUT2D eigenvalue weighted by atomic mass is 32.1. The van der Waals surface area contributed by atoms with Gasteiger partial charge in [-0.1, -0.05) is 0 Å². The van der Waals surface area contributed by atoms with Crippen LogP contribution < -0.4 is 5.73 Å². The molecule has 2 aromatic heterocycles. The van der Waals surface area contributed by atoms with Crippen molar-refractivity contribution < 1.29 is 9.59 Å². The molecule has 3 N–H and O–H groups in total. The molecule has 2 aromatic rings. The number of hydrogen-bond donors (Lipinski definition) is 2. The standard InChI is InChI=1S/C15H18N4O2S/c16-15(21)12-8-11(17-18-12)13-3-1-2-5-19(13)14(20)7-10-4-6-22-9-10/h4,6,8-9,13H,1-3,5,7H2,(H2,16,21)(H,17,18). The highest BCUT2D eigenvalue weighted by molar-refractivity contribution is 7.08. The Labute approximate surface area is 132 Å². The summed E-state index contributed by atoms with van der Waals surface area (Å²) in [6.45, 7) is 0.735. The van der Waals surface area contributed by atoms with Crippen LogP contribution >= 0.6 is 11.3 Å². The number of piperidine rings is 1. The third-order valence-corrected chi connectivity index (χ3v) is 4.70. The van der Waals surface area contributed by atoms with Crippen molar-refractivity contribution in [2.75, 3.05) is 6.54 Å². The van der Waals surface area contributed by atoms with Crippen molar-refractivity contribution in [2.45, 2.75) is 31.7 Å². The third kappa shape index (κ3) is 3.04. The molecule has 0 radical (unpaired) electrons. The van der Waals surface area contributed by atoms with Gasteiger partial charge in [0, 0.05) is 6.54 Å². The first-order valence-corrected chi connectivity index (χ1v) is 8.25. The molecule has 1 atom stereocenters. The fraction of sp³-hybridized carbons (Fsp3) is 0.400. The normalized spacial score (nSPS) is 18.4. The first-order valence-electron chi connectivity index (χ1n) is 7.31. The average molecular weight is 318 g/mol. The Balaban J connectivity index is 1.78. The van der Waals surface area contributed by atoms with E-state index in [9.17, 15) is 9.59 Å². The van der Waals surface area contributed by atoms with E-state index in [-0.39, 0.29) is 17.6 Å². The second kappa shape index (κ2) is 6.31. The Bertz CT molecular complexity index is 665. The topological polar surface area (TPSA) is 92.1 Å². The maximum atomic E-state index is 12.6. The van der Waals surface area contributed by atoms with Gasteiger partial charge in [0.25, 0.3) is 5.91 Å². The smallest absolute Gasteiger partial charge is 0.269 e. The van der Waals surface area contributed by atoms with Crippen molar-refractivity contribution in [3.63, 3.8) is 0 Å². The van der Waals surface area contributed by atoms with Gasteiger partial charge in [-0.25, -0.2) is 0 Å². The Morgan fingerprint density at radius 3 is 3.00 bits per heavy atom. The lowest BCUT2D eigenvalue weighted by molar-refractivity contribution is -0.134. The first kappa shape index (κ1) is 14.8. The van der Waals surface area contributed by atoms with E-state index in [2.05, 4.69) is 10.2 Å². The number of carbonyl (C=O) groups excluding carboxylic acids is 2. The zero-order valence-electron chi connectivity index (χ0n) is 12.1. The highest BCUT2D eigenvalue weighted by Gasteiger charge is 2.29. The predicted octanol–water partition coefficient (Wildman–Crippen LogP) is 1.87. The van der Waals surface area contributed by atoms with Crippen molar-refractivity contribution in [1.82, 2.24) is 15.1 Å². The third-order valence-electron chi connectivity index (χ3n) is 3.97. The van der Waals surface area contributed by atoms with Crippen molar-refractivity contribution in [3.05, 3.63) is 39.8 Å². The molecule has 0 aliphatic carbocycles. The van der Waals surface area contributed by atoms with Gasteiger partial charge in [0.1, 0.15) is 5.69 Å². The van der Waals surface area contributed by atoms with Gasteiger partial charge in [0.05, 0.1) is 18.2 Å². The lowest BCUT2D eigenvalue weighted by Crippen LogP contribution is -2.39. The molecular formula is C15H18N4O2S. The number of nitrogens with one attached hydrogen (secondary N) is 1. The summed E-state index contributed by atoms with van der Waals surface area (Å²) in [5.41, 5.74) is 7.28. The molecule has 0 saturated carbocycles. The number of amides is 2. The summed E-state index contributed by atoms with van der Waals surface area (Å²) >= 11 is 1.59. The summed E-state index contributed by atoms with van der Waals surface area (Å²) in [6.07, 6.45) is 3.34. The van der Waals surface area contributed by atoms with E-state index in [0.717, 1.165) is 37.1 Å². The van der Waals surface area contributed by atoms with Crippen LogP contribution in [0.4, 0.5) is 0 Å². The van der Waals surface area contributed by atoms with Gasteiger partial charge in [0.15, 0.2) is 0 Å². The maximum Gasteiger partial charge on any atom is 0.269 e. The van der Waals surface area contributed by atoms with Crippen molar-refractivity contribution in [1.29, 1.82) is 0 Å². The Morgan fingerprint density at radius 2 is 2.32 bits per heavy atom. The molecule has 3 heterocycles. The minimum Gasteiger partial charge on any atom is -0.364 e. The van der Waals surface area contributed by atoms with Crippen molar-refractivity contribution in [3.8, 4) is 0 Å². The lowest BCUT2D eigenvalue weighted by atomic mass is 9.98. The number of aromatic amines is 1. The van der Waals surface area contributed by atoms with Crippen LogP contribution in [-0.4, -0.2) is 33.5 Å². The number of rotatable bonds is 4. The van der Waals surface area contributed by atoms with Crippen LogP contribution in [0.3, 0.4) is 0 Å². The van der Waals surface area contributed by atoms with E-state index < -0.39 is 5.91 Å². The van der Waals surface area contributed by atoms with Crippen LogP contribution in [0.25, 0.3) is 0 Å². The van der Waals surface area contributed by atoms with Gasteiger partial charge in [-0.05, 0) is 47.7 Å². The number of nitrogens with zero attached hydrogens (tertiary/aromatic N) is 2. The molecule has 2 amide bonds. The second-order valence-corrected chi connectivity index (χ2v) is 6.26. The fourth-order valence-corrected chi connectivity index (χ4v) is 3.52. The number of hydrogen-bond acceptors (Lipinski definition) is 4. The summed E-state index contributed by atoms with van der Waals surface area (Å²) in [6, 6.07) is 3.58. The molecule has 3 rings (SSSR count). The molecule has 1 unspecified atom stereocenters. The van der Waals surface area contributed by atoms with Gasteiger partial charge < -0.3 is 10.6 Å². The monoisotopic (exact) mass is 318 g/mol. The molecule has 1 saturated heterocycles. The maximum absolute atomic E-state index is 12.6. The predicted molar refractivity (Wildman–Crippen MR) is 83.4 cm³/mol. The molecule has 0 aromatic carbocycles. The van der Waals surface area contributed by atoms with E-state index in [1.54, 1.807) is 17.4 Å². The van der Waals surface area contributed by atoms with Crippen LogP contribution in [0, 0.1) is 0 Å². The van der Waals surface area contributed by atoms with Crippen LogP contribution in [0.1, 0.15) is 47.1 Å². The first-order chi connectivity index (χ1) is 10.6. The number of likely N-dealkylation sites (tertiary alicyclic amines) is 1. The molecule has 6 nitrogen and oxygen atoms in total. The van der Waals surface area contributed by atoms with E-state index in [0.29, 0.717) is 6.42 Å². The Hall–Kier alpha value is -2.15. The summed E-state index contributed by atoms with van der Waals surface area (Å²) < 4.78 is 0. The van der Waals surface area contributed by atoms with Crippen LogP contribution in [0.15, 0.2) is 22.9 Å². The van der Waals surface area contributed by atoms with Gasteiger partial charge in [-0.3, -0.25) is 14.7 Å². The van der Waals surface area contributed by atoms with Crippen LogP contribution in [0.5, 0.6) is 0 Å². The number of aromatic nitrogens is 2. The zero-order valence-corrected chi connectivity index (χ0v) is 12.9. The van der Waals surface area contributed by atoms with Gasteiger partial charge in [0.2, 0.25) is 5.91 Å². The molecule has 1 fully saturated rings. The number of nitrogens with two attached hydrogens (primary N) is 1. The molecule has 0 spiro atoms. The molecule has 1 aliphatic heterocycles. The minimum absolute atomic E-state index is 0.0551. The lowest BCUT2D eigenvalue weighted by Gasteiger charge is -2.35. The second-order valence-electron chi connectivity index (χ2n) is 5.48. The SMILES string of the molecule is NC(=O)c1cc(C2CCCCN2C(=O)Cc2ccsc2)[nH]n1. The van der Waals surface area contributed by atoms with Gasteiger partial charge in [-0.15, -0.1) is 0 Å². The number of H-pyrrole nitrogens is 1. The Morgan fingerprint density at radius 1 is 1.45 bits per heavy atom. The molecular weight excluding hydrogens is 300 g/mol. The Kier molecular flexibility index (Phi) is 4.24. The summed E-state index contributed by atoms with van der Waals surface area (Å²) in [7, 11) is 0. The summed E-state index contributed by atoms with van der Waals surface area (Å²) in [4.78, 5) is 25.7. The average Bonchev–Trinajstić information content (AvgIpc) is 3.18. The fourth-order valence-electron chi connectivity index (χ4n) is 2.86. The summed E-state index contributed by atoms with van der Waals surface area (Å²) in [5, 5.41) is 10.8. The van der Waals surface area contributed by atoms with Gasteiger partial charge in [-0.2, -0.15) is 16.4 Å². The molecule has 0 bridgehead atoms. The largest absolute Gasteiger partial charge is 0.364 e. The van der Waals surface area contributed by atoms with Crippen LogP contribution in [0.2, 0.25) is 0 Å². The minimum atomic E-state index is -0.561. The molecule has 22 heavy (non-hydrogen) atoms.